The van der Waals surface area contributed by atoms with E-state index in [9.17, 15) is 9.18 Å². The van der Waals surface area contributed by atoms with Crippen molar-refractivity contribution in [3.8, 4) is 0 Å². The highest BCUT2D eigenvalue weighted by Gasteiger charge is 2.30. The van der Waals surface area contributed by atoms with Gasteiger partial charge >= 0.3 is 0 Å². The number of carbonyl (C=O) groups excluding carboxylic acids is 1. The van der Waals surface area contributed by atoms with Crippen LogP contribution in [0.2, 0.25) is 0 Å². The highest BCUT2D eigenvalue weighted by molar-refractivity contribution is 5.92. The standard InChI is InChI=1S/C18H23FN4O/c1-13(2)22-11-16(20-12-22)18(24)23-9-8-21(10-14(23)3)17-7-5-4-6-15(17)19/h4-7,11-14H,8-10H2,1-3H3/t14-/m1/s1. The zero-order valence-corrected chi connectivity index (χ0v) is 14.3. The van der Waals surface area contributed by atoms with Gasteiger partial charge in [0.15, 0.2) is 0 Å². The number of amides is 1. The van der Waals surface area contributed by atoms with Crippen LogP contribution in [-0.2, 0) is 0 Å². The number of hydrogen-bond acceptors (Lipinski definition) is 3. The fourth-order valence-corrected chi connectivity index (χ4v) is 3.06. The Balaban J connectivity index is 1.71. The molecule has 2 heterocycles. The van der Waals surface area contributed by atoms with Gasteiger partial charge < -0.3 is 14.4 Å². The summed E-state index contributed by atoms with van der Waals surface area (Å²) >= 11 is 0. The molecule has 1 aliphatic heterocycles. The van der Waals surface area contributed by atoms with E-state index in [1.807, 2.05) is 41.2 Å². The molecule has 5 nitrogen and oxygen atoms in total. The van der Waals surface area contributed by atoms with Crippen LogP contribution in [0.25, 0.3) is 0 Å². The summed E-state index contributed by atoms with van der Waals surface area (Å²) in [6.07, 6.45) is 3.49. The predicted molar refractivity (Wildman–Crippen MR) is 91.7 cm³/mol. The van der Waals surface area contributed by atoms with E-state index in [0.717, 1.165) is 0 Å². The van der Waals surface area contributed by atoms with Crippen LogP contribution in [0.5, 0.6) is 0 Å². The number of rotatable bonds is 3. The Morgan fingerprint density at radius 1 is 1.29 bits per heavy atom. The number of nitrogens with zero attached hydrogens (tertiary/aromatic N) is 4. The van der Waals surface area contributed by atoms with Crippen LogP contribution in [0, 0.1) is 5.82 Å². The smallest absolute Gasteiger partial charge is 0.274 e. The van der Waals surface area contributed by atoms with Gasteiger partial charge in [0.2, 0.25) is 0 Å². The molecule has 1 aliphatic rings. The van der Waals surface area contributed by atoms with Gasteiger partial charge in [-0.15, -0.1) is 0 Å². The minimum absolute atomic E-state index is 0.00458. The van der Waals surface area contributed by atoms with Gasteiger partial charge in [0.1, 0.15) is 11.5 Å². The van der Waals surface area contributed by atoms with Crippen LogP contribution >= 0.6 is 0 Å². The molecule has 24 heavy (non-hydrogen) atoms. The van der Waals surface area contributed by atoms with Crippen molar-refractivity contribution in [2.45, 2.75) is 32.9 Å². The summed E-state index contributed by atoms with van der Waals surface area (Å²) in [6.45, 7) is 7.87. The largest absolute Gasteiger partial charge is 0.365 e. The molecule has 0 bridgehead atoms. The lowest BCUT2D eigenvalue weighted by Crippen LogP contribution is -2.54. The number of aromatic nitrogens is 2. The summed E-state index contributed by atoms with van der Waals surface area (Å²) in [5.74, 6) is -0.282. The van der Waals surface area contributed by atoms with Crippen molar-refractivity contribution in [3.63, 3.8) is 0 Å². The van der Waals surface area contributed by atoms with E-state index in [4.69, 9.17) is 0 Å². The van der Waals surface area contributed by atoms with E-state index >= 15 is 0 Å². The van der Waals surface area contributed by atoms with Crippen molar-refractivity contribution in [2.75, 3.05) is 24.5 Å². The quantitative estimate of drug-likeness (QED) is 0.869. The van der Waals surface area contributed by atoms with Gasteiger partial charge in [0, 0.05) is 37.9 Å². The molecule has 0 saturated carbocycles. The first kappa shape index (κ1) is 16.5. The van der Waals surface area contributed by atoms with E-state index in [2.05, 4.69) is 4.98 Å². The van der Waals surface area contributed by atoms with E-state index < -0.39 is 0 Å². The summed E-state index contributed by atoms with van der Waals surface area (Å²) in [5.41, 5.74) is 1.07. The van der Waals surface area contributed by atoms with Crippen molar-refractivity contribution in [2.24, 2.45) is 0 Å². The van der Waals surface area contributed by atoms with E-state index in [1.165, 1.54) is 6.07 Å². The van der Waals surface area contributed by atoms with E-state index in [-0.39, 0.29) is 23.8 Å². The second kappa shape index (κ2) is 6.63. The van der Waals surface area contributed by atoms with Gasteiger partial charge in [-0.25, -0.2) is 9.37 Å². The highest BCUT2D eigenvalue weighted by atomic mass is 19.1. The summed E-state index contributed by atoms with van der Waals surface area (Å²) in [7, 11) is 0. The van der Waals surface area contributed by atoms with Crippen LogP contribution in [0.1, 0.15) is 37.3 Å². The van der Waals surface area contributed by atoms with Crippen LogP contribution in [0.15, 0.2) is 36.8 Å². The average Bonchev–Trinajstić information content (AvgIpc) is 3.05. The lowest BCUT2D eigenvalue weighted by Gasteiger charge is -2.40. The van der Waals surface area contributed by atoms with Crippen molar-refractivity contribution in [1.29, 1.82) is 0 Å². The summed E-state index contributed by atoms with van der Waals surface area (Å²) in [4.78, 5) is 20.8. The van der Waals surface area contributed by atoms with E-state index in [1.54, 1.807) is 24.7 Å². The lowest BCUT2D eigenvalue weighted by molar-refractivity contribution is 0.0668. The van der Waals surface area contributed by atoms with Crippen LogP contribution in [0.4, 0.5) is 10.1 Å². The molecule has 1 aromatic heterocycles. The number of hydrogen-bond donors (Lipinski definition) is 0. The maximum absolute atomic E-state index is 14.0. The normalized spacial score (nSPS) is 18.3. The number of piperazine rings is 1. The first-order chi connectivity index (χ1) is 11.5. The molecule has 3 rings (SSSR count). The van der Waals surface area contributed by atoms with E-state index in [0.29, 0.717) is 31.0 Å². The molecular formula is C18H23FN4O. The van der Waals surface area contributed by atoms with Gasteiger partial charge in [-0.05, 0) is 32.9 Å². The van der Waals surface area contributed by atoms with Crippen molar-refractivity contribution in [3.05, 3.63) is 48.3 Å². The average molecular weight is 330 g/mol. The van der Waals surface area contributed by atoms with Crippen LogP contribution in [0.3, 0.4) is 0 Å². The maximum Gasteiger partial charge on any atom is 0.274 e. The highest BCUT2D eigenvalue weighted by Crippen LogP contribution is 2.23. The number of para-hydroxylation sites is 1. The molecular weight excluding hydrogens is 307 g/mol. The molecule has 1 aromatic carbocycles. The van der Waals surface area contributed by atoms with Crippen molar-refractivity contribution >= 4 is 11.6 Å². The molecule has 128 valence electrons. The molecule has 1 fully saturated rings. The third kappa shape index (κ3) is 3.13. The third-order valence-corrected chi connectivity index (χ3v) is 4.50. The van der Waals surface area contributed by atoms with Crippen LogP contribution < -0.4 is 4.90 Å². The number of halogens is 1. The van der Waals surface area contributed by atoms with Gasteiger partial charge in [-0.1, -0.05) is 12.1 Å². The molecule has 1 amide bonds. The Bertz CT molecular complexity index is 727. The second-order valence-corrected chi connectivity index (χ2v) is 6.54. The molecule has 0 unspecified atom stereocenters. The molecule has 1 atom stereocenters. The predicted octanol–water partition coefficient (Wildman–Crippen LogP) is 2.95. The van der Waals surface area contributed by atoms with Gasteiger partial charge in [-0.3, -0.25) is 4.79 Å². The molecule has 1 saturated heterocycles. The fourth-order valence-electron chi connectivity index (χ4n) is 3.06. The molecule has 6 heteroatoms. The number of benzene rings is 1. The van der Waals surface area contributed by atoms with Crippen LogP contribution in [-0.4, -0.2) is 46.0 Å². The number of imidazole rings is 1. The van der Waals surface area contributed by atoms with Gasteiger partial charge in [-0.2, -0.15) is 0 Å². The van der Waals surface area contributed by atoms with Crippen molar-refractivity contribution < 1.29 is 9.18 Å². The monoisotopic (exact) mass is 330 g/mol. The Hall–Kier alpha value is -2.37. The zero-order chi connectivity index (χ0) is 17.3. The van der Waals surface area contributed by atoms with Crippen molar-refractivity contribution in [1.82, 2.24) is 14.5 Å². The fraction of sp³-hybridized carbons (Fsp3) is 0.444. The molecule has 0 N–H and O–H groups in total. The zero-order valence-electron chi connectivity index (χ0n) is 14.3. The SMILES string of the molecule is CC(C)n1cnc(C(=O)N2CCN(c3ccccc3F)C[C@H]2C)c1. The van der Waals surface area contributed by atoms with Gasteiger partial charge in [0.25, 0.3) is 5.91 Å². The maximum atomic E-state index is 14.0. The Labute approximate surface area is 141 Å². The summed E-state index contributed by atoms with van der Waals surface area (Å²) in [6, 6.07) is 7.04. The Morgan fingerprint density at radius 2 is 2.04 bits per heavy atom. The lowest BCUT2D eigenvalue weighted by atomic mass is 10.1. The molecule has 0 aliphatic carbocycles. The Kier molecular flexibility index (Phi) is 4.55. The second-order valence-electron chi connectivity index (χ2n) is 6.54. The molecule has 2 aromatic rings. The molecule has 0 radical (unpaired) electrons. The minimum atomic E-state index is -0.222. The first-order valence-electron chi connectivity index (χ1n) is 8.31. The summed E-state index contributed by atoms with van der Waals surface area (Å²) in [5, 5.41) is 0. The minimum Gasteiger partial charge on any atom is -0.365 e. The summed E-state index contributed by atoms with van der Waals surface area (Å²) < 4.78 is 15.9. The Morgan fingerprint density at radius 3 is 2.67 bits per heavy atom. The molecule has 0 spiro atoms. The first-order valence-corrected chi connectivity index (χ1v) is 8.31. The number of anilines is 1. The third-order valence-electron chi connectivity index (χ3n) is 4.50. The van der Waals surface area contributed by atoms with Gasteiger partial charge in [0.05, 0.1) is 12.0 Å². The number of carbonyl (C=O) groups is 1. The topological polar surface area (TPSA) is 41.4 Å².